The van der Waals surface area contributed by atoms with Crippen molar-refractivity contribution in [2.45, 2.75) is 31.8 Å². The molecular weight excluding hydrogens is 274 g/mol. The van der Waals surface area contributed by atoms with Crippen LogP contribution in [-0.4, -0.2) is 15.1 Å². The molecule has 0 bridgehead atoms. The third kappa shape index (κ3) is 2.37. The van der Waals surface area contributed by atoms with Crippen molar-refractivity contribution in [3.8, 4) is 0 Å². The number of hydrogen-bond acceptors (Lipinski definition) is 4. The van der Waals surface area contributed by atoms with Gasteiger partial charge in [0, 0.05) is 23.0 Å². The van der Waals surface area contributed by atoms with Gasteiger partial charge in [0.15, 0.2) is 0 Å². The predicted molar refractivity (Wildman–Crippen MR) is 79.3 cm³/mol. The lowest BCUT2D eigenvalue weighted by molar-refractivity contribution is -0.0381. The quantitative estimate of drug-likeness (QED) is 0.848. The molecule has 1 aromatic heterocycles. The first-order valence-corrected chi connectivity index (χ1v) is 7.04. The second kappa shape index (κ2) is 5.04. The Hall–Kier alpha value is -1.65. The Kier molecular flexibility index (Phi) is 3.36. The van der Waals surface area contributed by atoms with Crippen LogP contribution in [0.1, 0.15) is 30.4 Å². The van der Waals surface area contributed by atoms with Crippen LogP contribution in [0.25, 0.3) is 0 Å². The maximum atomic E-state index is 10.6. The van der Waals surface area contributed by atoms with Gasteiger partial charge in [-0.15, -0.1) is 0 Å². The number of para-hydroxylation sites is 1. The molecule has 1 aliphatic carbocycles. The second-order valence-electron chi connectivity index (χ2n) is 5.23. The van der Waals surface area contributed by atoms with Gasteiger partial charge in [-0.3, -0.25) is 0 Å². The van der Waals surface area contributed by atoms with Crippen LogP contribution in [0.5, 0.6) is 0 Å². The summed E-state index contributed by atoms with van der Waals surface area (Å²) in [5.74, 6) is 0.667. The van der Waals surface area contributed by atoms with E-state index in [2.05, 4.69) is 15.3 Å². The number of anilines is 2. The molecule has 1 aliphatic rings. The largest absolute Gasteiger partial charge is 0.385 e. The Morgan fingerprint density at radius 1 is 1.30 bits per heavy atom. The van der Waals surface area contributed by atoms with E-state index in [4.69, 9.17) is 11.6 Å². The smallest absolute Gasteiger partial charge is 0.224 e. The molecule has 104 valence electrons. The number of aliphatic hydroxyl groups is 1. The molecule has 0 amide bonds. The standard InChI is InChI=1S/C15H16ClN3O/c1-10-9-17-14(16)19-13(10)18-12-6-3-2-5-11(12)15(20)7-4-8-15/h2-3,5-6,9,20H,4,7-8H2,1H3,(H,17,18,19). The van der Waals surface area contributed by atoms with Gasteiger partial charge in [-0.05, 0) is 43.9 Å². The molecule has 3 rings (SSSR count). The van der Waals surface area contributed by atoms with Crippen LogP contribution in [0.2, 0.25) is 5.28 Å². The van der Waals surface area contributed by atoms with E-state index in [9.17, 15) is 5.11 Å². The van der Waals surface area contributed by atoms with Gasteiger partial charge in [0.1, 0.15) is 5.82 Å². The molecule has 20 heavy (non-hydrogen) atoms. The van der Waals surface area contributed by atoms with E-state index in [0.29, 0.717) is 5.82 Å². The SMILES string of the molecule is Cc1cnc(Cl)nc1Nc1ccccc1C1(O)CCC1. The minimum absolute atomic E-state index is 0.206. The zero-order valence-electron chi connectivity index (χ0n) is 11.2. The number of halogens is 1. The summed E-state index contributed by atoms with van der Waals surface area (Å²) in [5.41, 5.74) is 1.98. The minimum Gasteiger partial charge on any atom is -0.385 e. The first kappa shape index (κ1) is 13.3. The minimum atomic E-state index is -0.714. The maximum Gasteiger partial charge on any atom is 0.224 e. The van der Waals surface area contributed by atoms with E-state index in [-0.39, 0.29) is 5.28 Å². The van der Waals surface area contributed by atoms with Gasteiger partial charge in [-0.25, -0.2) is 9.97 Å². The first-order valence-electron chi connectivity index (χ1n) is 6.66. The highest BCUT2D eigenvalue weighted by Crippen LogP contribution is 2.44. The Bertz CT molecular complexity index is 641. The molecular formula is C15H16ClN3O. The number of nitrogens with one attached hydrogen (secondary N) is 1. The molecule has 0 radical (unpaired) electrons. The summed E-state index contributed by atoms with van der Waals surface area (Å²) < 4.78 is 0. The first-order chi connectivity index (χ1) is 9.58. The fourth-order valence-electron chi connectivity index (χ4n) is 2.45. The lowest BCUT2D eigenvalue weighted by atomic mass is 9.74. The average Bonchev–Trinajstić information content (AvgIpc) is 2.41. The molecule has 0 atom stereocenters. The molecule has 1 heterocycles. The molecule has 4 nitrogen and oxygen atoms in total. The van der Waals surface area contributed by atoms with E-state index in [1.807, 2.05) is 31.2 Å². The summed E-state index contributed by atoms with van der Waals surface area (Å²) >= 11 is 5.84. The molecule has 2 aromatic rings. The van der Waals surface area contributed by atoms with Crippen molar-refractivity contribution in [3.05, 3.63) is 46.9 Å². The maximum absolute atomic E-state index is 10.6. The highest BCUT2D eigenvalue weighted by atomic mass is 35.5. The van der Waals surface area contributed by atoms with E-state index < -0.39 is 5.60 Å². The molecule has 1 aromatic carbocycles. The van der Waals surface area contributed by atoms with Crippen molar-refractivity contribution in [1.82, 2.24) is 9.97 Å². The van der Waals surface area contributed by atoms with Gasteiger partial charge >= 0.3 is 0 Å². The fraction of sp³-hybridized carbons (Fsp3) is 0.333. The van der Waals surface area contributed by atoms with Crippen molar-refractivity contribution in [2.75, 3.05) is 5.32 Å². The van der Waals surface area contributed by atoms with Crippen LogP contribution in [0.4, 0.5) is 11.5 Å². The molecule has 1 fully saturated rings. The highest BCUT2D eigenvalue weighted by Gasteiger charge is 2.37. The molecule has 1 saturated carbocycles. The Labute approximate surface area is 122 Å². The summed E-state index contributed by atoms with van der Waals surface area (Å²) in [7, 11) is 0. The van der Waals surface area contributed by atoms with Crippen LogP contribution in [0.15, 0.2) is 30.5 Å². The van der Waals surface area contributed by atoms with Crippen molar-refractivity contribution in [3.63, 3.8) is 0 Å². The van der Waals surface area contributed by atoms with Gasteiger partial charge in [-0.2, -0.15) is 0 Å². The lowest BCUT2D eigenvalue weighted by Gasteiger charge is -2.38. The number of aromatic nitrogens is 2. The van der Waals surface area contributed by atoms with Crippen LogP contribution in [0.3, 0.4) is 0 Å². The van der Waals surface area contributed by atoms with Crippen molar-refractivity contribution in [1.29, 1.82) is 0 Å². The van der Waals surface area contributed by atoms with Crippen LogP contribution < -0.4 is 5.32 Å². The molecule has 0 saturated heterocycles. The Balaban J connectivity index is 1.97. The fourth-order valence-corrected chi connectivity index (χ4v) is 2.59. The number of rotatable bonds is 3. The van der Waals surface area contributed by atoms with E-state index in [0.717, 1.165) is 36.1 Å². The highest BCUT2D eigenvalue weighted by molar-refractivity contribution is 6.28. The van der Waals surface area contributed by atoms with Gasteiger partial charge in [0.05, 0.1) is 5.60 Å². The normalized spacial score (nSPS) is 16.6. The van der Waals surface area contributed by atoms with Crippen molar-refractivity contribution < 1.29 is 5.11 Å². The van der Waals surface area contributed by atoms with Gasteiger partial charge in [0.25, 0.3) is 0 Å². The van der Waals surface area contributed by atoms with Crippen molar-refractivity contribution in [2.24, 2.45) is 0 Å². The number of aryl methyl sites for hydroxylation is 1. The Morgan fingerprint density at radius 2 is 2.05 bits per heavy atom. The average molecular weight is 290 g/mol. The van der Waals surface area contributed by atoms with Crippen LogP contribution in [-0.2, 0) is 5.60 Å². The third-order valence-corrected chi connectivity index (χ3v) is 3.99. The van der Waals surface area contributed by atoms with E-state index in [1.165, 1.54) is 0 Å². The van der Waals surface area contributed by atoms with Crippen LogP contribution in [0, 0.1) is 6.92 Å². The number of benzene rings is 1. The van der Waals surface area contributed by atoms with Crippen molar-refractivity contribution >= 4 is 23.1 Å². The molecule has 0 unspecified atom stereocenters. The summed E-state index contributed by atoms with van der Waals surface area (Å²) in [4.78, 5) is 8.14. The van der Waals surface area contributed by atoms with E-state index >= 15 is 0 Å². The van der Waals surface area contributed by atoms with Crippen LogP contribution >= 0.6 is 11.6 Å². The summed E-state index contributed by atoms with van der Waals surface area (Å²) in [6.45, 7) is 1.92. The molecule has 5 heteroatoms. The Morgan fingerprint density at radius 3 is 2.75 bits per heavy atom. The number of nitrogens with zero attached hydrogens (tertiary/aromatic N) is 2. The summed E-state index contributed by atoms with van der Waals surface area (Å²) in [6.07, 6.45) is 4.34. The zero-order chi connectivity index (χ0) is 14.2. The summed E-state index contributed by atoms with van der Waals surface area (Å²) in [5, 5.41) is 14.0. The van der Waals surface area contributed by atoms with Gasteiger partial charge in [0.2, 0.25) is 5.28 Å². The second-order valence-corrected chi connectivity index (χ2v) is 5.56. The molecule has 2 N–H and O–H groups in total. The monoisotopic (exact) mass is 289 g/mol. The molecule has 0 aliphatic heterocycles. The zero-order valence-corrected chi connectivity index (χ0v) is 12.0. The summed E-state index contributed by atoms with van der Waals surface area (Å²) in [6, 6.07) is 7.78. The predicted octanol–water partition coefficient (Wildman–Crippen LogP) is 3.55. The van der Waals surface area contributed by atoms with E-state index in [1.54, 1.807) is 6.20 Å². The van der Waals surface area contributed by atoms with Gasteiger partial charge < -0.3 is 10.4 Å². The molecule has 0 spiro atoms. The van der Waals surface area contributed by atoms with Gasteiger partial charge in [-0.1, -0.05) is 18.2 Å². The lowest BCUT2D eigenvalue weighted by Crippen LogP contribution is -2.34. The topological polar surface area (TPSA) is 58.0 Å². The number of hydrogen-bond donors (Lipinski definition) is 2. The third-order valence-electron chi connectivity index (χ3n) is 3.80.